The molecule has 7 nitrogen and oxygen atoms in total. The van der Waals surface area contributed by atoms with Crippen LogP contribution < -0.4 is 5.32 Å². The molecule has 0 radical (unpaired) electrons. The van der Waals surface area contributed by atoms with Gasteiger partial charge >= 0.3 is 0 Å². The summed E-state index contributed by atoms with van der Waals surface area (Å²) >= 11 is 12.0. The molecule has 1 aliphatic heterocycles. The van der Waals surface area contributed by atoms with E-state index < -0.39 is 10.0 Å². The van der Waals surface area contributed by atoms with Crippen LogP contribution in [0, 0.1) is 0 Å². The van der Waals surface area contributed by atoms with E-state index in [1.54, 1.807) is 24.1 Å². The second kappa shape index (κ2) is 11.3. The average molecular weight is 511 g/mol. The first kappa shape index (κ1) is 25.5. The van der Waals surface area contributed by atoms with Crippen molar-refractivity contribution in [2.75, 3.05) is 40.3 Å². The molecule has 0 spiro atoms. The number of amides is 1. The lowest BCUT2D eigenvalue weighted by Gasteiger charge is -2.21. The van der Waals surface area contributed by atoms with Crippen LogP contribution in [0.3, 0.4) is 0 Å². The van der Waals surface area contributed by atoms with Crippen LogP contribution in [0.5, 0.6) is 0 Å². The van der Waals surface area contributed by atoms with Gasteiger partial charge in [-0.05, 0) is 30.5 Å². The van der Waals surface area contributed by atoms with E-state index in [0.29, 0.717) is 25.8 Å². The highest BCUT2D eigenvalue weighted by atomic mass is 35.5. The molecular formula is C23H28Cl2N4O3S. The Bertz CT molecular complexity index is 1120. The van der Waals surface area contributed by atoms with Gasteiger partial charge in [0.05, 0.1) is 16.6 Å². The lowest BCUT2D eigenvalue weighted by atomic mass is 10.1. The third kappa shape index (κ3) is 6.47. The summed E-state index contributed by atoms with van der Waals surface area (Å²) in [6.45, 7) is 2.37. The Morgan fingerprint density at radius 1 is 1.09 bits per heavy atom. The first-order valence-electron chi connectivity index (χ1n) is 10.7. The van der Waals surface area contributed by atoms with Gasteiger partial charge in [-0.1, -0.05) is 53.5 Å². The largest absolute Gasteiger partial charge is 0.368 e. The van der Waals surface area contributed by atoms with E-state index in [1.165, 1.54) is 17.4 Å². The van der Waals surface area contributed by atoms with Gasteiger partial charge in [-0.3, -0.25) is 9.79 Å². The second-order valence-electron chi connectivity index (χ2n) is 7.90. The highest BCUT2D eigenvalue weighted by molar-refractivity contribution is 7.89. The van der Waals surface area contributed by atoms with Crippen LogP contribution in [0.15, 0.2) is 52.4 Å². The van der Waals surface area contributed by atoms with Gasteiger partial charge in [0.15, 0.2) is 0 Å². The summed E-state index contributed by atoms with van der Waals surface area (Å²) in [7, 11) is -0.541. The van der Waals surface area contributed by atoms with Crippen LogP contribution in [0.4, 0.5) is 0 Å². The number of rotatable bonds is 10. The summed E-state index contributed by atoms with van der Waals surface area (Å²) < 4.78 is 26.8. The molecule has 0 aliphatic carbocycles. The summed E-state index contributed by atoms with van der Waals surface area (Å²) in [5.41, 5.74) is 2.14. The number of carbonyl (C=O) groups is 1. The van der Waals surface area contributed by atoms with Crippen LogP contribution in [0.1, 0.15) is 24.0 Å². The fourth-order valence-corrected chi connectivity index (χ4v) is 5.43. The summed E-state index contributed by atoms with van der Waals surface area (Å²) in [4.78, 5) is 18.5. The van der Waals surface area contributed by atoms with Crippen molar-refractivity contribution in [3.63, 3.8) is 0 Å². The Labute approximate surface area is 205 Å². The number of nitrogens with zero attached hydrogens (tertiary/aromatic N) is 3. The first-order chi connectivity index (χ1) is 15.7. The Kier molecular flexibility index (Phi) is 8.75. The highest BCUT2D eigenvalue weighted by Crippen LogP contribution is 2.30. The van der Waals surface area contributed by atoms with Crippen LogP contribution in [0.2, 0.25) is 10.0 Å². The van der Waals surface area contributed by atoms with E-state index in [0.717, 1.165) is 30.1 Å². The van der Waals surface area contributed by atoms with Gasteiger partial charge in [0, 0.05) is 45.7 Å². The monoisotopic (exact) mass is 510 g/mol. The van der Waals surface area contributed by atoms with Gasteiger partial charge in [0.2, 0.25) is 15.9 Å². The number of hydrogen-bond donors (Lipinski definition) is 1. The lowest BCUT2D eigenvalue weighted by Crippen LogP contribution is -2.33. The van der Waals surface area contributed by atoms with E-state index in [4.69, 9.17) is 23.2 Å². The third-order valence-electron chi connectivity index (χ3n) is 5.53. The zero-order chi connectivity index (χ0) is 24.0. The Hall–Kier alpha value is -2.13. The molecule has 1 heterocycles. The lowest BCUT2D eigenvalue weighted by molar-refractivity contribution is -0.129. The fraction of sp³-hybridized carbons (Fsp3) is 0.391. The Morgan fingerprint density at radius 3 is 2.48 bits per heavy atom. The number of halogens is 2. The van der Waals surface area contributed by atoms with Gasteiger partial charge in [0.1, 0.15) is 10.7 Å². The molecule has 0 aromatic heterocycles. The minimum Gasteiger partial charge on any atom is -0.368 e. The quantitative estimate of drug-likeness (QED) is 0.530. The van der Waals surface area contributed by atoms with Crippen LogP contribution in [-0.4, -0.2) is 69.6 Å². The van der Waals surface area contributed by atoms with Crippen molar-refractivity contribution in [3.05, 3.63) is 63.6 Å². The molecule has 0 atom stereocenters. The van der Waals surface area contributed by atoms with Crippen LogP contribution in [0.25, 0.3) is 0 Å². The van der Waals surface area contributed by atoms with E-state index in [-0.39, 0.29) is 27.4 Å². The maximum atomic E-state index is 12.8. The second-order valence-corrected chi connectivity index (χ2v) is 10.7. The predicted octanol–water partition coefficient (Wildman–Crippen LogP) is 3.45. The smallest absolute Gasteiger partial charge is 0.244 e. The third-order valence-corrected chi connectivity index (χ3v) is 8.36. The molecule has 10 heteroatoms. The van der Waals surface area contributed by atoms with Crippen molar-refractivity contribution in [2.45, 2.75) is 24.2 Å². The van der Waals surface area contributed by atoms with E-state index in [2.05, 4.69) is 10.3 Å². The van der Waals surface area contributed by atoms with Crippen molar-refractivity contribution >= 4 is 45.0 Å². The summed E-state index contributed by atoms with van der Waals surface area (Å²) in [5.74, 6) is 0.936. The standard InChI is InChI=1S/C23H28Cl2N4O3S/c1-28(15-4-16-29(2)33(31,32)20-6-3-5-19(24)22(20)25)21(30)12-9-17-7-10-18(11-8-17)23-26-13-14-27-23/h3,5-8,10-11H,4,9,12-16H2,1-2H3,(H,26,27). The zero-order valence-electron chi connectivity index (χ0n) is 18.7. The van der Waals surface area contributed by atoms with Crippen molar-refractivity contribution in [1.82, 2.24) is 14.5 Å². The molecular weight excluding hydrogens is 483 g/mol. The molecule has 1 aliphatic rings. The molecule has 178 valence electrons. The van der Waals surface area contributed by atoms with Crippen LogP contribution in [-0.2, 0) is 21.2 Å². The van der Waals surface area contributed by atoms with Crippen molar-refractivity contribution in [2.24, 2.45) is 4.99 Å². The zero-order valence-corrected chi connectivity index (χ0v) is 21.1. The van der Waals surface area contributed by atoms with Crippen molar-refractivity contribution in [1.29, 1.82) is 0 Å². The fourth-order valence-electron chi connectivity index (χ4n) is 3.49. The van der Waals surface area contributed by atoms with Crippen molar-refractivity contribution in [3.8, 4) is 0 Å². The molecule has 1 amide bonds. The average Bonchev–Trinajstić information content (AvgIpc) is 3.34. The molecule has 3 rings (SSSR count). The molecule has 2 aromatic rings. The number of aliphatic imine (C=N–C) groups is 1. The number of benzene rings is 2. The van der Waals surface area contributed by atoms with Gasteiger partial charge in [-0.15, -0.1) is 0 Å². The number of amidine groups is 1. The number of nitrogens with one attached hydrogen (secondary N) is 1. The minimum absolute atomic E-state index is 0.0128. The molecule has 2 aromatic carbocycles. The Balaban J connectivity index is 1.45. The SMILES string of the molecule is CN(CCCN(C)S(=O)(=O)c1cccc(Cl)c1Cl)C(=O)CCc1ccc(C2=NCCN2)cc1. The van der Waals surface area contributed by atoms with Crippen molar-refractivity contribution < 1.29 is 13.2 Å². The van der Waals surface area contributed by atoms with E-state index in [1.807, 2.05) is 24.3 Å². The maximum Gasteiger partial charge on any atom is 0.244 e. The number of sulfonamides is 1. The van der Waals surface area contributed by atoms with Crippen LogP contribution >= 0.6 is 23.2 Å². The van der Waals surface area contributed by atoms with Gasteiger partial charge < -0.3 is 10.2 Å². The van der Waals surface area contributed by atoms with E-state index >= 15 is 0 Å². The molecule has 33 heavy (non-hydrogen) atoms. The summed E-state index contributed by atoms with van der Waals surface area (Å²) in [6.07, 6.45) is 1.53. The van der Waals surface area contributed by atoms with Gasteiger partial charge in [-0.2, -0.15) is 0 Å². The van der Waals surface area contributed by atoms with E-state index in [9.17, 15) is 13.2 Å². The van der Waals surface area contributed by atoms with Gasteiger partial charge in [-0.25, -0.2) is 12.7 Å². The molecule has 1 N–H and O–H groups in total. The first-order valence-corrected chi connectivity index (χ1v) is 12.9. The number of hydrogen-bond acceptors (Lipinski definition) is 5. The number of carbonyl (C=O) groups excluding carboxylic acids is 1. The molecule has 0 saturated heterocycles. The molecule has 0 bridgehead atoms. The summed E-state index contributed by atoms with van der Waals surface area (Å²) in [5, 5.41) is 3.45. The highest BCUT2D eigenvalue weighted by Gasteiger charge is 2.24. The summed E-state index contributed by atoms with van der Waals surface area (Å²) in [6, 6.07) is 12.6. The molecule has 0 fully saturated rings. The maximum absolute atomic E-state index is 12.8. The molecule has 0 saturated carbocycles. The minimum atomic E-state index is -3.77. The topological polar surface area (TPSA) is 82.1 Å². The predicted molar refractivity (Wildman–Crippen MR) is 133 cm³/mol. The molecule has 0 unspecified atom stereocenters. The normalized spacial score (nSPS) is 13.7. The Morgan fingerprint density at radius 2 is 1.82 bits per heavy atom. The number of aryl methyl sites for hydroxylation is 1. The van der Waals surface area contributed by atoms with Gasteiger partial charge in [0.25, 0.3) is 0 Å².